The predicted octanol–water partition coefficient (Wildman–Crippen LogP) is 2.66. The summed E-state index contributed by atoms with van der Waals surface area (Å²) in [6.45, 7) is 1.36. The van der Waals surface area contributed by atoms with Gasteiger partial charge in [-0.15, -0.1) is 0 Å². The third kappa shape index (κ3) is 3.79. The fourth-order valence-electron chi connectivity index (χ4n) is 1.98. The standard InChI is InChI=1S/C16H16N2O3S/c1-11(19)13-5-3-4-6-14(13)17-15(20)9-18(2)16(21)12-7-8-22-10-12/h3-8,10H,9H2,1-2H3,(H,17,20). The molecule has 6 heteroatoms. The third-order valence-corrected chi connectivity index (χ3v) is 3.76. The summed E-state index contributed by atoms with van der Waals surface area (Å²) in [5, 5.41) is 6.22. The maximum absolute atomic E-state index is 12.1. The van der Waals surface area contributed by atoms with Crippen LogP contribution in [0.5, 0.6) is 0 Å². The molecule has 0 unspecified atom stereocenters. The first-order valence-corrected chi connectivity index (χ1v) is 7.61. The van der Waals surface area contributed by atoms with Crippen LogP contribution in [0.1, 0.15) is 27.6 Å². The predicted molar refractivity (Wildman–Crippen MR) is 86.4 cm³/mol. The number of Topliss-reactive ketones (excluding diaryl/α,β-unsaturated/α-hetero) is 1. The first-order valence-electron chi connectivity index (χ1n) is 6.66. The Hall–Kier alpha value is -2.47. The molecule has 0 aliphatic rings. The molecule has 1 heterocycles. The van der Waals surface area contributed by atoms with E-state index >= 15 is 0 Å². The molecule has 114 valence electrons. The zero-order chi connectivity index (χ0) is 16.1. The Morgan fingerprint density at radius 3 is 2.55 bits per heavy atom. The molecule has 2 aromatic rings. The zero-order valence-electron chi connectivity index (χ0n) is 12.3. The lowest BCUT2D eigenvalue weighted by molar-refractivity contribution is -0.116. The summed E-state index contributed by atoms with van der Waals surface area (Å²) in [4.78, 5) is 37.0. The van der Waals surface area contributed by atoms with Gasteiger partial charge in [0.1, 0.15) is 0 Å². The van der Waals surface area contributed by atoms with Crippen LogP contribution >= 0.6 is 11.3 Å². The van der Waals surface area contributed by atoms with Crippen molar-refractivity contribution in [1.29, 1.82) is 0 Å². The molecule has 2 amide bonds. The van der Waals surface area contributed by atoms with Gasteiger partial charge in [0, 0.05) is 18.0 Å². The molecule has 0 aliphatic heterocycles. The van der Waals surface area contributed by atoms with Gasteiger partial charge < -0.3 is 10.2 Å². The molecule has 0 bridgehead atoms. The number of carbonyl (C=O) groups excluding carboxylic acids is 3. The van der Waals surface area contributed by atoms with Crippen LogP contribution in [0.25, 0.3) is 0 Å². The first-order chi connectivity index (χ1) is 10.5. The number of carbonyl (C=O) groups is 3. The van der Waals surface area contributed by atoms with E-state index in [1.54, 1.807) is 42.8 Å². The maximum Gasteiger partial charge on any atom is 0.254 e. The number of nitrogens with zero attached hydrogens (tertiary/aromatic N) is 1. The Bertz CT molecular complexity index is 695. The number of likely N-dealkylation sites (N-methyl/N-ethyl adjacent to an activating group) is 1. The fraction of sp³-hybridized carbons (Fsp3) is 0.188. The van der Waals surface area contributed by atoms with Crippen molar-refractivity contribution in [3.8, 4) is 0 Å². The number of thiophene rings is 1. The molecule has 1 aromatic heterocycles. The molecule has 2 rings (SSSR count). The molecule has 0 saturated carbocycles. The number of benzene rings is 1. The summed E-state index contributed by atoms with van der Waals surface area (Å²) in [6, 6.07) is 8.50. The highest BCUT2D eigenvalue weighted by Gasteiger charge is 2.16. The molecule has 0 saturated heterocycles. The maximum atomic E-state index is 12.1. The van der Waals surface area contributed by atoms with Gasteiger partial charge in [-0.25, -0.2) is 0 Å². The van der Waals surface area contributed by atoms with Crippen LogP contribution in [0.4, 0.5) is 5.69 Å². The van der Waals surface area contributed by atoms with Crippen LogP contribution in [-0.4, -0.2) is 36.1 Å². The van der Waals surface area contributed by atoms with Crippen molar-refractivity contribution in [2.45, 2.75) is 6.92 Å². The van der Waals surface area contributed by atoms with Gasteiger partial charge >= 0.3 is 0 Å². The lowest BCUT2D eigenvalue weighted by Crippen LogP contribution is -2.34. The SMILES string of the molecule is CC(=O)c1ccccc1NC(=O)CN(C)C(=O)c1ccsc1. The van der Waals surface area contributed by atoms with Crippen molar-refractivity contribution in [2.24, 2.45) is 0 Å². The van der Waals surface area contributed by atoms with Crippen molar-refractivity contribution in [1.82, 2.24) is 4.90 Å². The molecule has 0 atom stereocenters. The topological polar surface area (TPSA) is 66.5 Å². The Labute approximate surface area is 132 Å². The Balaban J connectivity index is 2.02. The van der Waals surface area contributed by atoms with Gasteiger partial charge in [0.2, 0.25) is 5.91 Å². The number of rotatable bonds is 5. The molecule has 1 aromatic carbocycles. The van der Waals surface area contributed by atoms with Crippen molar-refractivity contribution >= 4 is 34.6 Å². The number of ketones is 1. The number of anilines is 1. The van der Waals surface area contributed by atoms with E-state index in [9.17, 15) is 14.4 Å². The third-order valence-electron chi connectivity index (χ3n) is 3.08. The van der Waals surface area contributed by atoms with Gasteiger partial charge in [0.15, 0.2) is 5.78 Å². The van der Waals surface area contributed by atoms with Crippen LogP contribution in [0.15, 0.2) is 41.1 Å². The van der Waals surface area contributed by atoms with E-state index < -0.39 is 0 Å². The molecule has 0 spiro atoms. The second-order valence-corrected chi connectivity index (χ2v) is 5.60. The highest BCUT2D eigenvalue weighted by atomic mass is 32.1. The van der Waals surface area contributed by atoms with Gasteiger partial charge in [0.25, 0.3) is 5.91 Å². The van der Waals surface area contributed by atoms with E-state index in [1.165, 1.54) is 23.2 Å². The summed E-state index contributed by atoms with van der Waals surface area (Å²) in [7, 11) is 1.57. The van der Waals surface area contributed by atoms with Crippen molar-refractivity contribution < 1.29 is 14.4 Å². The molecule has 1 N–H and O–H groups in total. The van der Waals surface area contributed by atoms with Gasteiger partial charge in [-0.3, -0.25) is 14.4 Å². The van der Waals surface area contributed by atoms with Gasteiger partial charge in [-0.2, -0.15) is 11.3 Å². The fourth-order valence-corrected chi connectivity index (χ4v) is 2.61. The van der Waals surface area contributed by atoms with E-state index in [2.05, 4.69) is 5.32 Å². The van der Waals surface area contributed by atoms with Crippen molar-refractivity contribution in [3.63, 3.8) is 0 Å². The first kappa shape index (κ1) is 15.9. The molecular weight excluding hydrogens is 300 g/mol. The average Bonchev–Trinajstić information content (AvgIpc) is 3.00. The molecule has 5 nitrogen and oxygen atoms in total. The summed E-state index contributed by atoms with van der Waals surface area (Å²) < 4.78 is 0. The highest BCUT2D eigenvalue weighted by molar-refractivity contribution is 7.08. The number of nitrogens with one attached hydrogen (secondary N) is 1. The quantitative estimate of drug-likeness (QED) is 0.862. The number of amides is 2. The van der Waals surface area contributed by atoms with Gasteiger partial charge in [-0.1, -0.05) is 12.1 Å². The van der Waals surface area contributed by atoms with Gasteiger partial charge in [-0.05, 0) is 30.5 Å². The van der Waals surface area contributed by atoms with Gasteiger partial charge in [0.05, 0.1) is 17.8 Å². The highest BCUT2D eigenvalue weighted by Crippen LogP contribution is 2.15. The second-order valence-electron chi connectivity index (χ2n) is 4.82. The number of hydrogen-bond acceptors (Lipinski definition) is 4. The van der Waals surface area contributed by atoms with Crippen LogP contribution in [0.2, 0.25) is 0 Å². The Morgan fingerprint density at radius 2 is 1.91 bits per heavy atom. The number of hydrogen-bond donors (Lipinski definition) is 1. The smallest absolute Gasteiger partial charge is 0.254 e. The van der Waals surface area contributed by atoms with E-state index in [-0.39, 0.29) is 24.1 Å². The summed E-state index contributed by atoms with van der Waals surface area (Å²) in [5.41, 5.74) is 1.46. The minimum Gasteiger partial charge on any atom is -0.332 e. The molecule has 0 radical (unpaired) electrons. The largest absolute Gasteiger partial charge is 0.332 e. The molecule has 22 heavy (non-hydrogen) atoms. The summed E-state index contributed by atoms with van der Waals surface area (Å²) in [5.74, 6) is -0.686. The van der Waals surface area contributed by atoms with E-state index in [0.29, 0.717) is 16.8 Å². The normalized spacial score (nSPS) is 10.1. The lowest BCUT2D eigenvalue weighted by atomic mass is 10.1. The van der Waals surface area contributed by atoms with Crippen LogP contribution in [-0.2, 0) is 4.79 Å². The van der Waals surface area contributed by atoms with E-state index in [0.717, 1.165) is 0 Å². The van der Waals surface area contributed by atoms with Crippen LogP contribution in [0, 0.1) is 0 Å². The Morgan fingerprint density at radius 1 is 1.18 bits per heavy atom. The van der Waals surface area contributed by atoms with Crippen molar-refractivity contribution in [3.05, 3.63) is 52.2 Å². The zero-order valence-corrected chi connectivity index (χ0v) is 13.1. The van der Waals surface area contributed by atoms with E-state index in [4.69, 9.17) is 0 Å². The molecular formula is C16H16N2O3S. The van der Waals surface area contributed by atoms with Crippen LogP contribution < -0.4 is 5.32 Å². The van der Waals surface area contributed by atoms with E-state index in [1.807, 2.05) is 5.38 Å². The van der Waals surface area contributed by atoms with Crippen LogP contribution in [0.3, 0.4) is 0 Å². The number of para-hydroxylation sites is 1. The average molecular weight is 316 g/mol. The Kier molecular flexibility index (Phi) is 5.06. The summed E-state index contributed by atoms with van der Waals surface area (Å²) in [6.07, 6.45) is 0. The minimum atomic E-state index is -0.347. The summed E-state index contributed by atoms with van der Waals surface area (Å²) >= 11 is 1.43. The molecule has 0 aliphatic carbocycles. The monoisotopic (exact) mass is 316 g/mol. The second kappa shape index (κ2) is 7.00. The lowest BCUT2D eigenvalue weighted by Gasteiger charge is -2.16. The minimum absolute atomic E-state index is 0.0824. The van der Waals surface area contributed by atoms with Crippen molar-refractivity contribution in [2.75, 3.05) is 18.9 Å². The molecule has 0 fully saturated rings.